The highest BCUT2D eigenvalue weighted by Gasteiger charge is 2.51. The third-order valence-corrected chi connectivity index (χ3v) is 6.74. The first-order chi connectivity index (χ1) is 13.5. The standard InChI is InChI=1S/C19H21ClN6O2/c20-16-14(2-1-3-21-16)24-17-15(26(27)28)18(23-10-22-17)25-19-7-11-4-12(8-19)6-13(5-11)9-19/h1-3,10-13H,4-9H2,(H2,22,23,24,25). The number of nitrogens with zero attached hydrogens (tertiary/aromatic N) is 4. The van der Waals surface area contributed by atoms with E-state index in [1.807, 2.05) is 0 Å². The summed E-state index contributed by atoms with van der Waals surface area (Å²) in [4.78, 5) is 23.8. The van der Waals surface area contributed by atoms with Gasteiger partial charge in [0.15, 0.2) is 5.15 Å². The van der Waals surface area contributed by atoms with Crippen LogP contribution >= 0.6 is 11.6 Å². The van der Waals surface area contributed by atoms with Crippen LogP contribution in [0.1, 0.15) is 38.5 Å². The molecule has 2 N–H and O–H groups in total. The van der Waals surface area contributed by atoms with Gasteiger partial charge in [0.25, 0.3) is 0 Å². The van der Waals surface area contributed by atoms with Crippen LogP contribution in [0.2, 0.25) is 5.15 Å². The maximum atomic E-state index is 11.9. The van der Waals surface area contributed by atoms with Gasteiger partial charge in [-0.05, 0) is 68.4 Å². The topological polar surface area (TPSA) is 106 Å². The zero-order valence-corrected chi connectivity index (χ0v) is 16.0. The molecule has 0 amide bonds. The number of nitro groups is 1. The fourth-order valence-corrected chi connectivity index (χ4v) is 6.02. The monoisotopic (exact) mass is 400 g/mol. The molecule has 0 atom stereocenters. The highest BCUT2D eigenvalue weighted by Crippen LogP contribution is 2.57. The molecule has 4 aliphatic carbocycles. The van der Waals surface area contributed by atoms with Gasteiger partial charge in [-0.25, -0.2) is 15.0 Å². The Labute approximate surface area is 167 Å². The lowest BCUT2D eigenvalue weighted by atomic mass is 9.53. The molecule has 4 aliphatic rings. The van der Waals surface area contributed by atoms with E-state index in [1.54, 1.807) is 18.3 Å². The molecular formula is C19H21ClN6O2. The van der Waals surface area contributed by atoms with Crippen molar-refractivity contribution in [2.45, 2.75) is 44.1 Å². The quantitative estimate of drug-likeness (QED) is 0.430. The summed E-state index contributed by atoms with van der Waals surface area (Å²) in [6, 6.07) is 3.41. The van der Waals surface area contributed by atoms with E-state index in [9.17, 15) is 10.1 Å². The molecule has 0 radical (unpaired) electrons. The van der Waals surface area contributed by atoms with Crippen LogP contribution in [0.4, 0.5) is 23.0 Å². The van der Waals surface area contributed by atoms with Gasteiger partial charge in [0.2, 0.25) is 11.6 Å². The van der Waals surface area contributed by atoms with Crippen LogP contribution in [-0.2, 0) is 0 Å². The summed E-state index contributed by atoms with van der Waals surface area (Å²) in [5, 5.41) is 18.6. The average Bonchev–Trinajstić information content (AvgIpc) is 2.62. The van der Waals surface area contributed by atoms with Crippen LogP contribution in [0.15, 0.2) is 24.7 Å². The minimum absolute atomic E-state index is 0.0862. The molecule has 0 saturated heterocycles. The average molecular weight is 401 g/mol. The number of hydrogen-bond acceptors (Lipinski definition) is 7. The zero-order chi connectivity index (χ0) is 19.3. The summed E-state index contributed by atoms with van der Waals surface area (Å²) >= 11 is 6.09. The number of rotatable bonds is 5. The molecule has 0 aromatic carbocycles. The molecule has 9 heteroatoms. The van der Waals surface area contributed by atoms with E-state index in [0.717, 1.165) is 37.0 Å². The van der Waals surface area contributed by atoms with E-state index in [0.29, 0.717) is 5.69 Å². The first-order valence-corrected chi connectivity index (χ1v) is 10.0. The lowest BCUT2D eigenvalue weighted by molar-refractivity contribution is -0.383. The molecule has 2 heterocycles. The van der Waals surface area contributed by atoms with E-state index < -0.39 is 4.92 Å². The van der Waals surface area contributed by atoms with Crippen molar-refractivity contribution in [3.8, 4) is 0 Å². The van der Waals surface area contributed by atoms with Crippen molar-refractivity contribution in [3.63, 3.8) is 0 Å². The summed E-state index contributed by atoms with van der Waals surface area (Å²) in [5.74, 6) is 2.58. The van der Waals surface area contributed by atoms with Gasteiger partial charge >= 0.3 is 5.69 Å². The van der Waals surface area contributed by atoms with Crippen molar-refractivity contribution in [3.05, 3.63) is 39.9 Å². The SMILES string of the molecule is O=[N+]([O-])c1c(Nc2cccnc2Cl)ncnc1NC12CC3CC(CC(C3)C1)C2. The maximum absolute atomic E-state index is 11.9. The lowest BCUT2D eigenvalue weighted by Crippen LogP contribution is -2.55. The molecule has 0 aliphatic heterocycles. The Bertz CT molecular complexity index is 901. The smallest absolute Gasteiger partial charge is 0.353 e. The van der Waals surface area contributed by atoms with E-state index in [1.165, 1.54) is 25.6 Å². The number of aromatic nitrogens is 3. The van der Waals surface area contributed by atoms with Crippen molar-refractivity contribution < 1.29 is 4.92 Å². The van der Waals surface area contributed by atoms with Gasteiger partial charge in [0.1, 0.15) is 6.33 Å². The van der Waals surface area contributed by atoms with Crippen molar-refractivity contribution in [1.82, 2.24) is 15.0 Å². The Morgan fingerprint density at radius 3 is 2.32 bits per heavy atom. The summed E-state index contributed by atoms with van der Waals surface area (Å²) in [5.41, 5.74) is 0.224. The third-order valence-electron chi connectivity index (χ3n) is 6.44. The molecule has 2 aromatic heterocycles. The van der Waals surface area contributed by atoms with Gasteiger partial charge in [0.05, 0.1) is 10.6 Å². The van der Waals surface area contributed by atoms with Crippen molar-refractivity contribution in [2.24, 2.45) is 17.8 Å². The normalized spacial score (nSPS) is 30.2. The fraction of sp³-hybridized carbons (Fsp3) is 0.526. The summed E-state index contributed by atoms with van der Waals surface area (Å²) in [6.45, 7) is 0. The van der Waals surface area contributed by atoms with E-state index in [4.69, 9.17) is 11.6 Å². The molecule has 8 nitrogen and oxygen atoms in total. The van der Waals surface area contributed by atoms with Gasteiger partial charge < -0.3 is 10.6 Å². The molecule has 146 valence electrons. The first-order valence-electron chi connectivity index (χ1n) is 9.66. The number of nitrogens with one attached hydrogen (secondary N) is 2. The minimum Gasteiger partial charge on any atom is -0.359 e. The van der Waals surface area contributed by atoms with Crippen LogP contribution in [0.3, 0.4) is 0 Å². The Hall–Kier alpha value is -2.48. The number of hydrogen-bond donors (Lipinski definition) is 2. The van der Waals surface area contributed by atoms with Gasteiger partial charge in [0, 0.05) is 11.7 Å². The zero-order valence-electron chi connectivity index (χ0n) is 15.3. The Kier molecular flexibility index (Phi) is 4.12. The molecule has 2 aromatic rings. The number of halogens is 1. The third kappa shape index (κ3) is 3.05. The highest BCUT2D eigenvalue weighted by molar-refractivity contribution is 6.32. The van der Waals surface area contributed by atoms with Crippen LogP contribution in [0.25, 0.3) is 0 Å². The van der Waals surface area contributed by atoms with Gasteiger partial charge in [-0.1, -0.05) is 11.6 Å². The predicted molar refractivity (Wildman–Crippen MR) is 106 cm³/mol. The molecule has 4 bridgehead atoms. The lowest BCUT2D eigenvalue weighted by Gasteiger charge is -2.57. The first kappa shape index (κ1) is 17.6. The highest BCUT2D eigenvalue weighted by atomic mass is 35.5. The van der Waals surface area contributed by atoms with E-state index in [2.05, 4.69) is 25.6 Å². The summed E-state index contributed by atoms with van der Waals surface area (Å²) < 4.78 is 0. The maximum Gasteiger partial charge on any atom is 0.353 e. The Morgan fingerprint density at radius 1 is 1.07 bits per heavy atom. The molecule has 6 rings (SSSR count). The summed E-state index contributed by atoms with van der Waals surface area (Å²) in [7, 11) is 0. The van der Waals surface area contributed by atoms with Crippen molar-refractivity contribution in [2.75, 3.05) is 10.6 Å². The number of pyridine rings is 1. The second kappa shape index (κ2) is 6.55. The largest absolute Gasteiger partial charge is 0.359 e. The molecule has 28 heavy (non-hydrogen) atoms. The molecular weight excluding hydrogens is 380 g/mol. The van der Waals surface area contributed by atoms with Gasteiger partial charge in [-0.15, -0.1) is 0 Å². The number of anilines is 3. The Balaban J connectivity index is 1.48. The minimum atomic E-state index is -0.435. The van der Waals surface area contributed by atoms with E-state index in [-0.39, 0.29) is 28.0 Å². The van der Waals surface area contributed by atoms with Crippen LogP contribution < -0.4 is 10.6 Å². The van der Waals surface area contributed by atoms with E-state index >= 15 is 0 Å². The molecule has 4 saturated carbocycles. The van der Waals surface area contributed by atoms with Gasteiger partial charge in [-0.3, -0.25) is 10.1 Å². The van der Waals surface area contributed by atoms with Crippen LogP contribution in [-0.4, -0.2) is 25.4 Å². The van der Waals surface area contributed by atoms with Crippen LogP contribution in [0, 0.1) is 27.9 Å². The van der Waals surface area contributed by atoms with Crippen molar-refractivity contribution >= 4 is 34.6 Å². The molecule has 4 fully saturated rings. The van der Waals surface area contributed by atoms with Gasteiger partial charge in [-0.2, -0.15) is 0 Å². The Morgan fingerprint density at radius 2 is 1.71 bits per heavy atom. The molecule has 0 unspecified atom stereocenters. The molecule has 0 spiro atoms. The van der Waals surface area contributed by atoms with Crippen molar-refractivity contribution in [1.29, 1.82) is 0 Å². The second-order valence-electron chi connectivity index (χ2n) is 8.47. The summed E-state index contributed by atoms with van der Waals surface area (Å²) in [6.07, 6.45) is 10.0. The van der Waals surface area contributed by atoms with Crippen LogP contribution in [0.5, 0.6) is 0 Å². The second-order valence-corrected chi connectivity index (χ2v) is 8.82. The fourth-order valence-electron chi connectivity index (χ4n) is 5.86. The predicted octanol–water partition coefficient (Wildman–Crippen LogP) is 4.56.